The SMILES string of the molecule is CCOc1cc(C=NNC(=O)c2ccccc2O)ccc1OC(=O)c1cccs1. The van der Waals surface area contributed by atoms with Gasteiger partial charge in [-0.25, -0.2) is 10.2 Å². The van der Waals surface area contributed by atoms with Gasteiger partial charge in [-0.15, -0.1) is 11.3 Å². The van der Waals surface area contributed by atoms with Crippen molar-refractivity contribution in [3.8, 4) is 17.2 Å². The van der Waals surface area contributed by atoms with Crippen LogP contribution in [-0.2, 0) is 0 Å². The third-order valence-corrected chi connectivity index (χ3v) is 4.57. The average Bonchev–Trinajstić information content (AvgIpc) is 3.25. The summed E-state index contributed by atoms with van der Waals surface area (Å²) < 4.78 is 11.0. The van der Waals surface area contributed by atoms with Crippen molar-refractivity contribution >= 4 is 29.4 Å². The molecular weight excluding hydrogens is 392 g/mol. The van der Waals surface area contributed by atoms with E-state index in [2.05, 4.69) is 10.5 Å². The number of phenolic OH excluding ortho intramolecular Hbond substituents is 1. The summed E-state index contributed by atoms with van der Waals surface area (Å²) in [6, 6.07) is 14.6. The summed E-state index contributed by atoms with van der Waals surface area (Å²) in [6.07, 6.45) is 1.42. The molecule has 0 fully saturated rings. The van der Waals surface area contributed by atoms with Crippen molar-refractivity contribution in [1.29, 1.82) is 0 Å². The zero-order valence-corrected chi connectivity index (χ0v) is 16.3. The van der Waals surface area contributed by atoms with Crippen molar-refractivity contribution in [3.05, 3.63) is 76.0 Å². The number of benzene rings is 2. The summed E-state index contributed by atoms with van der Waals surface area (Å²) in [5.41, 5.74) is 3.10. The number of aromatic hydroxyl groups is 1. The number of ether oxygens (including phenoxy) is 2. The molecule has 7 nitrogen and oxygen atoms in total. The lowest BCUT2D eigenvalue weighted by molar-refractivity contribution is 0.0733. The molecule has 0 aliphatic rings. The lowest BCUT2D eigenvalue weighted by atomic mass is 10.2. The number of esters is 1. The van der Waals surface area contributed by atoms with Gasteiger partial charge < -0.3 is 14.6 Å². The van der Waals surface area contributed by atoms with Gasteiger partial charge in [-0.1, -0.05) is 18.2 Å². The molecule has 0 saturated carbocycles. The van der Waals surface area contributed by atoms with Gasteiger partial charge in [0, 0.05) is 0 Å². The number of thiophene rings is 1. The molecule has 1 amide bonds. The number of phenols is 1. The van der Waals surface area contributed by atoms with E-state index in [1.807, 2.05) is 6.92 Å². The second-order valence-corrected chi connectivity index (χ2v) is 6.67. The second kappa shape index (κ2) is 9.52. The Morgan fingerprint density at radius 3 is 2.69 bits per heavy atom. The average molecular weight is 410 g/mol. The van der Waals surface area contributed by atoms with Crippen LogP contribution in [0.5, 0.6) is 17.2 Å². The first-order valence-electron chi connectivity index (χ1n) is 8.72. The minimum Gasteiger partial charge on any atom is -0.507 e. The lowest BCUT2D eigenvalue weighted by Gasteiger charge is -2.10. The number of nitrogens with zero attached hydrogens (tertiary/aromatic N) is 1. The molecule has 0 bridgehead atoms. The second-order valence-electron chi connectivity index (χ2n) is 5.72. The molecule has 2 N–H and O–H groups in total. The molecule has 1 aromatic heterocycles. The topological polar surface area (TPSA) is 97.2 Å². The van der Waals surface area contributed by atoms with Crippen molar-refractivity contribution in [3.63, 3.8) is 0 Å². The van der Waals surface area contributed by atoms with Crippen molar-refractivity contribution in [2.75, 3.05) is 6.61 Å². The molecule has 29 heavy (non-hydrogen) atoms. The van der Waals surface area contributed by atoms with E-state index in [1.54, 1.807) is 47.8 Å². The predicted molar refractivity (Wildman–Crippen MR) is 110 cm³/mol. The minimum absolute atomic E-state index is 0.121. The molecule has 0 atom stereocenters. The molecular formula is C21H18N2O5S. The zero-order chi connectivity index (χ0) is 20.6. The molecule has 148 valence electrons. The van der Waals surface area contributed by atoms with Gasteiger partial charge in [-0.05, 0) is 54.3 Å². The van der Waals surface area contributed by atoms with Crippen LogP contribution in [0.25, 0.3) is 0 Å². The number of carbonyl (C=O) groups excluding carboxylic acids is 2. The fourth-order valence-corrected chi connectivity index (χ4v) is 2.99. The maximum atomic E-state index is 12.2. The van der Waals surface area contributed by atoms with Crippen molar-refractivity contribution < 1.29 is 24.2 Å². The monoisotopic (exact) mass is 410 g/mol. The van der Waals surface area contributed by atoms with E-state index >= 15 is 0 Å². The Kier molecular flexibility index (Phi) is 6.59. The van der Waals surface area contributed by atoms with E-state index < -0.39 is 11.9 Å². The Bertz CT molecular complexity index is 1030. The Hall–Kier alpha value is -3.65. The van der Waals surface area contributed by atoms with Crippen LogP contribution >= 0.6 is 11.3 Å². The quantitative estimate of drug-likeness (QED) is 0.267. The van der Waals surface area contributed by atoms with Crippen LogP contribution in [0, 0.1) is 0 Å². The van der Waals surface area contributed by atoms with Crippen LogP contribution < -0.4 is 14.9 Å². The maximum Gasteiger partial charge on any atom is 0.353 e. The van der Waals surface area contributed by atoms with Crippen molar-refractivity contribution in [1.82, 2.24) is 5.43 Å². The fourth-order valence-electron chi connectivity index (χ4n) is 2.39. The standard InChI is InChI=1S/C21H18N2O5S/c1-2-27-18-12-14(9-10-17(18)28-21(26)19-8-5-11-29-19)13-22-23-20(25)15-6-3-4-7-16(15)24/h3-13,24H,2H2,1H3,(H,23,25). The summed E-state index contributed by atoms with van der Waals surface area (Å²) in [5, 5.41) is 15.4. The van der Waals surface area contributed by atoms with Gasteiger partial charge in [0.15, 0.2) is 11.5 Å². The van der Waals surface area contributed by atoms with Gasteiger partial charge in [-0.3, -0.25) is 4.79 Å². The fraction of sp³-hybridized carbons (Fsp3) is 0.0952. The number of hydrogen-bond donors (Lipinski definition) is 2. The number of rotatable bonds is 7. The summed E-state index contributed by atoms with van der Waals surface area (Å²) >= 11 is 1.29. The van der Waals surface area contributed by atoms with Crippen LogP contribution in [0.2, 0.25) is 0 Å². The highest BCUT2D eigenvalue weighted by molar-refractivity contribution is 7.12. The third kappa shape index (κ3) is 5.20. The van der Waals surface area contributed by atoms with Crippen LogP contribution in [-0.4, -0.2) is 29.8 Å². The minimum atomic E-state index is -0.536. The van der Waals surface area contributed by atoms with Crippen molar-refractivity contribution in [2.45, 2.75) is 6.92 Å². The Labute approximate surface area is 171 Å². The van der Waals surface area contributed by atoms with Crippen LogP contribution in [0.1, 0.15) is 32.5 Å². The van der Waals surface area contributed by atoms with Gasteiger partial charge in [0.05, 0.1) is 18.4 Å². The maximum absolute atomic E-state index is 12.2. The van der Waals surface area contributed by atoms with E-state index in [0.29, 0.717) is 28.5 Å². The Balaban J connectivity index is 1.70. The highest BCUT2D eigenvalue weighted by Gasteiger charge is 2.14. The Morgan fingerprint density at radius 2 is 1.97 bits per heavy atom. The van der Waals surface area contributed by atoms with Gasteiger partial charge >= 0.3 is 5.97 Å². The van der Waals surface area contributed by atoms with Gasteiger partial charge in [-0.2, -0.15) is 5.10 Å². The highest BCUT2D eigenvalue weighted by Crippen LogP contribution is 2.29. The molecule has 0 spiro atoms. The van der Waals surface area contributed by atoms with E-state index in [0.717, 1.165) is 0 Å². The number of hydrogen-bond acceptors (Lipinski definition) is 7. The number of hydrazone groups is 1. The predicted octanol–water partition coefficient (Wildman–Crippen LogP) is 3.84. The third-order valence-electron chi connectivity index (χ3n) is 3.72. The molecule has 3 aromatic rings. The largest absolute Gasteiger partial charge is 0.507 e. The van der Waals surface area contributed by atoms with Crippen LogP contribution in [0.15, 0.2) is 65.1 Å². The molecule has 0 saturated heterocycles. The molecule has 0 aliphatic carbocycles. The van der Waals surface area contributed by atoms with E-state index in [-0.39, 0.29) is 11.3 Å². The number of carbonyl (C=O) groups is 2. The molecule has 0 aliphatic heterocycles. The lowest BCUT2D eigenvalue weighted by Crippen LogP contribution is -2.17. The van der Waals surface area contributed by atoms with E-state index in [4.69, 9.17) is 9.47 Å². The number of para-hydroxylation sites is 1. The molecule has 0 radical (unpaired) electrons. The van der Waals surface area contributed by atoms with Gasteiger partial charge in [0.2, 0.25) is 0 Å². The first kappa shape index (κ1) is 20.1. The first-order valence-corrected chi connectivity index (χ1v) is 9.60. The van der Waals surface area contributed by atoms with Gasteiger partial charge in [0.1, 0.15) is 10.6 Å². The summed E-state index contributed by atoms with van der Waals surface area (Å²) in [4.78, 5) is 24.7. The number of amides is 1. The molecule has 0 unspecified atom stereocenters. The van der Waals surface area contributed by atoms with Gasteiger partial charge in [0.25, 0.3) is 5.91 Å². The van der Waals surface area contributed by atoms with E-state index in [1.165, 1.54) is 29.7 Å². The van der Waals surface area contributed by atoms with E-state index in [9.17, 15) is 14.7 Å². The first-order chi connectivity index (χ1) is 14.1. The normalized spacial score (nSPS) is 10.7. The van der Waals surface area contributed by atoms with Crippen LogP contribution in [0.4, 0.5) is 0 Å². The summed E-state index contributed by atoms with van der Waals surface area (Å²) in [5.74, 6) is -0.451. The molecule has 1 heterocycles. The summed E-state index contributed by atoms with van der Waals surface area (Å²) in [7, 11) is 0. The summed E-state index contributed by atoms with van der Waals surface area (Å²) in [6.45, 7) is 2.20. The van der Waals surface area contributed by atoms with Crippen molar-refractivity contribution in [2.24, 2.45) is 5.10 Å². The Morgan fingerprint density at radius 1 is 1.14 bits per heavy atom. The zero-order valence-electron chi connectivity index (χ0n) is 15.5. The highest BCUT2D eigenvalue weighted by atomic mass is 32.1. The number of nitrogens with one attached hydrogen (secondary N) is 1. The molecule has 2 aromatic carbocycles. The molecule has 3 rings (SSSR count). The van der Waals surface area contributed by atoms with Crippen LogP contribution in [0.3, 0.4) is 0 Å². The molecule has 8 heteroatoms. The smallest absolute Gasteiger partial charge is 0.353 e.